The summed E-state index contributed by atoms with van der Waals surface area (Å²) in [6, 6.07) is 7.75. The van der Waals surface area contributed by atoms with Crippen LogP contribution in [0.4, 0.5) is 0 Å². The molecule has 0 aliphatic carbocycles. The maximum absolute atomic E-state index is 11.7. The van der Waals surface area contributed by atoms with E-state index in [1.807, 2.05) is 52.0 Å². The molecule has 0 amide bonds. The molecule has 0 aliphatic rings. The van der Waals surface area contributed by atoms with Crippen LogP contribution >= 0.6 is 11.3 Å². The molecule has 0 bridgehead atoms. The molecule has 5 nitrogen and oxygen atoms in total. The second kappa shape index (κ2) is 6.28. The predicted octanol–water partition coefficient (Wildman–Crippen LogP) is 4.42. The van der Waals surface area contributed by atoms with E-state index in [0.717, 1.165) is 26.8 Å². The van der Waals surface area contributed by atoms with Crippen molar-refractivity contribution in [2.45, 2.75) is 40.2 Å². The van der Waals surface area contributed by atoms with Crippen molar-refractivity contribution in [3.63, 3.8) is 0 Å². The van der Waals surface area contributed by atoms with E-state index in [1.54, 1.807) is 4.40 Å². The normalized spacial score (nSPS) is 11.4. The van der Waals surface area contributed by atoms with Crippen LogP contribution < -0.4 is 4.74 Å². The van der Waals surface area contributed by atoms with Gasteiger partial charge in [-0.2, -0.15) is 0 Å². The second-order valence-electron chi connectivity index (χ2n) is 5.88. The van der Waals surface area contributed by atoms with Crippen molar-refractivity contribution in [3.05, 3.63) is 40.5 Å². The number of aryl methyl sites for hydroxylation is 2. The van der Waals surface area contributed by atoms with E-state index in [9.17, 15) is 9.90 Å². The van der Waals surface area contributed by atoms with E-state index in [1.165, 1.54) is 11.3 Å². The average Bonchev–Trinajstić information content (AvgIpc) is 3.01. The summed E-state index contributed by atoms with van der Waals surface area (Å²) in [6.07, 6.45) is 0.709. The minimum atomic E-state index is -0.946. The van der Waals surface area contributed by atoms with Gasteiger partial charge in [0.1, 0.15) is 5.75 Å². The zero-order valence-corrected chi connectivity index (χ0v) is 15.0. The molecule has 0 unspecified atom stereocenters. The van der Waals surface area contributed by atoms with Crippen molar-refractivity contribution in [2.24, 2.45) is 0 Å². The Kier molecular flexibility index (Phi) is 4.32. The zero-order chi connectivity index (χ0) is 17.4. The van der Waals surface area contributed by atoms with Crippen molar-refractivity contribution in [1.82, 2.24) is 9.38 Å². The topological polar surface area (TPSA) is 63.8 Å². The first-order valence-electron chi connectivity index (χ1n) is 7.93. The van der Waals surface area contributed by atoms with Crippen LogP contribution in [0.15, 0.2) is 24.3 Å². The van der Waals surface area contributed by atoms with Gasteiger partial charge >= 0.3 is 5.97 Å². The number of benzene rings is 1. The van der Waals surface area contributed by atoms with Crippen LogP contribution in [0, 0.1) is 6.92 Å². The number of nitrogens with zero attached hydrogens (tertiary/aromatic N) is 2. The highest BCUT2D eigenvalue weighted by Crippen LogP contribution is 2.34. The molecule has 3 rings (SSSR count). The minimum absolute atomic E-state index is 0.116. The van der Waals surface area contributed by atoms with Crippen molar-refractivity contribution in [1.29, 1.82) is 0 Å². The average molecular weight is 344 g/mol. The van der Waals surface area contributed by atoms with Gasteiger partial charge in [0.25, 0.3) is 0 Å². The molecule has 2 aromatic heterocycles. The van der Waals surface area contributed by atoms with Crippen LogP contribution in [0.1, 0.15) is 41.8 Å². The molecular formula is C18H20N2O3S. The Hall–Kier alpha value is -2.34. The van der Waals surface area contributed by atoms with E-state index in [4.69, 9.17) is 4.74 Å². The fraction of sp³-hybridized carbons (Fsp3) is 0.333. The first-order chi connectivity index (χ1) is 11.4. The number of carboxylic acid groups (broad SMARTS) is 1. The molecule has 3 aromatic rings. The fourth-order valence-electron chi connectivity index (χ4n) is 2.82. The Morgan fingerprint density at radius 1 is 1.33 bits per heavy atom. The molecule has 0 aliphatic heterocycles. The number of thiazole rings is 1. The molecule has 24 heavy (non-hydrogen) atoms. The second-order valence-corrected chi connectivity index (χ2v) is 7.06. The molecule has 1 aromatic carbocycles. The lowest BCUT2D eigenvalue weighted by Crippen LogP contribution is -2.06. The van der Waals surface area contributed by atoms with E-state index >= 15 is 0 Å². The van der Waals surface area contributed by atoms with Gasteiger partial charge in [0.05, 0.1) is 17.5 Å². The van der Waals surface area contributed by atoms with Gasteiger partial charge in [-0.25, -0.2) is 9.78 Å². The molecule has 0 atom stereocenters. The van der Waals surface area contributed by atoms with Gasteiger partial charge in [0.2, 0.25) is 0 Å². The van der Waals surface area contributed by atoms with Gasteiger partial charge in [-0.1, -0.05) is 6.92 Å². The van der Waals surface area contributed by atoms with Crippen LogP contribution in [-0.4, -0.2) is 26.6 Å². The van der Waals surface area contributed by atoms with E-state index in [0.29, 0.717) is 12.1 Å². The van der Waals surface area contributed by atoms with Gasteiger partial charge in [0.15, 0.2) is 10.7 Å². The Bertz CT molecular complexity index is 891. The number of carboxylic acids is 1. The lowest BCUT2D eigenvalue weighted by molar-refractivity contribution is 0.0688. The molecule has 6 heteroatoms. The highest BCUT2D eigenvalue weighted by molar-refractivity contribution is 7.17. The Balaban J connectivity index is 2.16. The minimum Gasteiger partial charge on any atom is -0.491 e. The Morgan fingerprint density at radius 2 is 2.00 bits per heavy atom. The first kappa shape index (κ1) is 16.5. The van der Waals surface area contributed by atoms with Crippen LogP contribution in [0.2, 0.25) is 0 Å². The van der Waals surface area contributed by atoms with Crippen molar-refractivity contribution in [2.75, 3.05) is 0 Å². The van der Waals surface area contributed by atoms with E-state index in [-0.39, 0.29) is 11.8 Å². The number of rotatable bonds is 5. The van der Waals surface area contributed by atoms with Crippen LogP contribution in [-0.2, 0) is 6.42 Å². The highest BCUT2D eigenvalue weighted by Gasteiger charge is 2.23. The number of hydrogen-bond acceptors (Lipinski definition) is 4. The number of ether oxygens (including phenoxy) is 1. The molecule has 0 fully saturated rings. The number of hydrogen-bond donors (Lipinski definition) is 1. The first-order valence-corrected chi connectivity index (χ1v) is 8.75. The largest absolute Gasteiger partial charge is 0.491 e. The summed E-state index contributed by atoms with van der Waals surface area (Å²) in [6.45, 7) is 7.88. The number of aromatic nitrogens is 2. The molecule has 0 spiro atoms. The monoisotopic (exact) mass is 344 g/mol. The number of aromatic carboxylic acids is 1. The van der Waals surface area contributed by atoms with E-state index < -0.39 is 5.97 Å². The lowest BCUT2D eigenvalue weighted by atomic mass is 10.1. The molecule has 1 N–H and O–H groups in total. The molecule has 126 valence electrons. The van der Waals surface area contributed by atoms with Crippen molar-refractivity contribution < 1.29 is 14.6 Å². The molecular weight excluding hydrogens is 324 g/mol. The summed E-state index contributed by atoms with van der Waals surface area (Å²) >= 11 is 1.51. The SMILES string of the molecule is CCc1nc2sc(C)c(-c3ccc(OC(C)C)cc3)n2c1C(=O)O. The standard InChI is InChI=1S/C18H20N2O3S/c1-5-14-16(17(21)22)20-15(11(4)24-18(20)19-14)12-6-8-13(9-7-12)23-10(2)3/h6-10H,5H2,1-4H3,(H,21,22). The van der Waals surface area contributed by atoms with Gasteiger partial charge in [-0.3, -0.25) is 4.40 Å². The van der Waals surface area contributed by atoms with Gasteiger partial charge < -0.3 is 9.84 Å². The summed E-state index contributed by atoms with van der Waals surface area (Å²) in [5, 5.41) is 9.63. The maximum atomic E-state index is 11.7. The van der Waals surface area contributed by atoms with Gasteiger partial charge in [-0.05, 0) is 57.0 Å². The van der Waals surface area contributed by atoms with Crippen LogP contribution in [0.3, 0.4) is 0 Å². The summed E-state index contributed by atoms with van der Waals surface area (Å²) < 4.78 is 7.44. The van der Waals surface area contributed by atoms with E-state index in [2.05, 4.69) is 4.98 Å². The highest BCUT2D eigenvalue weighted by atomic mass is 32.1. The summed E-state index contributed by atoms with van der Waals surface area (Å²) in [5.41, 5.74) is 2.72. The summed E-state index contributed by atoms with van der Waals surface area (Å²) in [7, 11) is 0. The summed E-state index contributed by atoms with van der Waals surface area (Å²) in [4.78, 5) is 18.0. The van der Waals surface area contributed by atoms with Crippen LogP contribution in [0.5, 0.6) is 5.75 Å². The molecule has 0 saturated carbocycles. The van der Waals surface area contributed by atoms with Crippen molar-refractivity contribution >= 4 is 22.3 Å². The smallest absolute Gasteiger partial charge is 0.354 e. The lowest BCUT2D eigenvalue weighted by Gasteiger charge is -2.10. The number of carbonyl (C=O) groups is 1. The van der Waals surface area contributed by atoms with Gasteiger partial charge in [0, 0.05) is 4.88 Å². The third kappa shape index (κ3) is 2.78. The zero-order valence-electron chi connectivity index (χ0n) is 14.2. The predicted molar refractivity (Wildman–Crippen MR) is 95.3 cm³/mol. The molecule has 2 heterocycles. The summed E-state index contributed by atoms with van der Waals surface area (Å²) in [5.74, 6) is -0.144. The van der Waals surface area contributed by atoms with Gasteiger partial charge in [-0.15, -0.1) is 11.3 Å². The Labute approximate surface area is 144 Å². The fourth-order valence-corrected chi connectivity index (χ4v) is 3.83. The third-order valence-electron chi connectivity index (χ3n) is 3.76. The molecule has 0 radical (unpaired) electrons. The molecule has 0 saturated heterocycles. The Morgan fingerprint density at radius 3 is 2.54 bits per heavy atom. The maximum Gasteiger partial charge on any atom is 0.354 e. The van der Waals surface area contributed by atoms with Crippen molar-refractivity contribution in [3.8, 4) is 17.0 Å². The van der Waals surface area contributed by atoms with Crippen LogP contribution in [0.25, 0.3) is 16.2 Å². The quantitative estimate of drug-likeness (QED) is 0.744. The number of imidazole rings is 1. The number of fused-ring (bicyclic) bond motifs is 1. The third-order valence-corrected chi connectivity index (χ3v) is 4.71.